The third-order valence-corrected chi connectivity index (χ3v) is 3.80. The Labute approximate surface area is 135 Å². The summed E-state index contributed by atoms with van der Waals surface area (Å²) in [6.07, 6.45) is 0.646. The first kappa shape index (κ1) is 15.1. The predicted octanol–water partition coefficient (Wildman–Crippen LogP) is 4.44. The number of carboxylic acid groups (broad SMARTS) is 1. The molecule has 0 fully saturated rings. The second-order valence-electron chi connectivity index (χ2n) is 5.47. The number of aryl methyl sites for hydroxylation is 1. The third kappa shape index (κ3) is 3.89. The molecule has 3 nitrogen and oxygen atoms in total. The average molecular weight is 306 g/mol. The summed E-state index contributed by atoms with van der Waals surface area (Å²) in [5.74, 6) is -0.0205. The van der Waals surface area contributed by atoms with E-state index in [4.69, 9.17) is 9.84 Å². The second-order valence-corrected chi connectivity index (χ2v) is 5.47. The van der Waals surface area contributed by atoms with Crippen LogP contribution in [-0.4, -0.2) is 11.1 Å². The highest BCUT2D eigenvalue weighted by molar-refractivity contribution is 5.85. The van der Waals surface area contributed by atoms with E-state index in [9.17, 15) is 4.79 Å². The normalized spacial score (nSPS) is 10.6. The molecule has 0 saturated carbocycles. The maximum absolute atomic E-state index is 10.7. The Hall–Kier alpha value is -2.81. The first-order chi connectivity index (χ1) is 11.2. The van der Waals surface area contributed by atoms with Crippen LogP contribution in [0.4, 0.5) is 0 Å². The van der Waals surface area contributed by atoms with Gasteiger partial charge in [-0.25, -0.2) is 0 Å². The van der Waals surface area contributed by atoms with Crippen LogP contribution in [0.2, 0.25) is 0 Å². The predicted molar refractivity (Wildman–Crippen MR) is 90.7 cm³/mol. The SMILES string of the molecule is O=C(O)CCc1cccc(OCc2cccc3ccccc23)c1. The van der Waals surface area contributed by atoms with Crippen molar-refractivity contribution in [1.29, 1.82) is 0 Å². The molecule has 116 valence electrons. The Kier molecular flexibility index (Phi) is 4.57. The molecule has 0 aromatic heterocycles. The number of carbonyl (C=O) groups is 1. The van der Waals surface area contributed by atoms with Crippen LogP contribution in [0.3, 0.4) is 0 Å². The molecule has 0 spiro atoms. The molecule has 0 atom stereocenters. The van der Waals surface area contributed by atoms with Crippen LogP contribution >= 0.6 is 0 Å². The number of hydrogen-bond acceptors (Lipinski definition) is 2. The van der Waals surface area contributed by atoms with Crippen LogP contribution < -0.4 is 4.74 Å². The summed E-state index contributed by atoms with van der Waals surface area (Å²) in [4.78, 5) is 10.7. The summed E-state index contributed by atoms with van der Waals surface area (Å²) < 4.78 is 5.90. The summed E-state index contributed by atoms with van der Waals surface area (Å²) in [5.41, 5.74) is 2.11. The second kappa shape index (κ2) is 6.97. The number of fused-ring (bicyclic) bond motifs is 1. The molecule has 0 radical (unpaired) electrons. The molecule has 0 amide bonds. The molecule has 0 aliphatic carbocycles. The number of rotatable bonds is 6. The lowest BCUT2D eigenvalue weighted by molar-refractivity contribution is -0.136. The molecule has 0 saturated heterocycles. The molecule has 3 aromatic rings. The lowest BCUT2D eigenvalue weighted by Crippen LogP contribution is -1.99. The molecule has 3 heteroatoms. The standard InChI is InChI=1S/C20H18O3/c21-20(22)12-11-15-5-3-9-18(13-15)23-14-17-8-4-7-16-6-1-2-10-19(16)17/h1-10,13H,11-12,14H2,(H,21,22). The zero-order valence-electron chi connectivity index (χ0n) is 12.7. The topological polar surface area (TPSA) is 46.5 Å². The van der Waals surface area contributed by atoms with Gasteiger partial charge in [-0.15, -0.1) is 0 Å². The molecule has 0 unspecified atom stereocenters. The number of carboxylic acids is 1. The third-order valence-electron chi connectivity index (χ3n) is 3.80. The van der Waals surface area contributed by atoms with E-state index < -0.39 is 5.97 Å². The van der Waals surface area contributed by atoms with Gasteiger partial charge in [0.1, 0.15) is 12.4 Å². The van der Waals surface area contributed by atoms with Gasteiger partial charge in [-0.3, -0.25) is 4.79 Å². The quantitative estimate of drug-likeness (QED) is 0.732. The van der Waals surface area contributed by atoms with Gasteiger partial charge in [-0.05, 0) is 40.5 Å². The van der Waals surface area contributed by atoms with E-state index >= 15 is 0 Å². The molecular formula is C20H18O3. The minimum Gasteiger partial charge on any atom is -0.489 e. The van der Waals surface area contributed by atoms with Crippen molar-refractivity contribution in [2.24, 2.45) is 0 Å². The Morgan fingerprint density at radius 3 is 2.61 bits per heavy atom. The fourth-order valence-corrected chi connectivity index (χ4v) is 2.62. The molecule has 1 N–H and O–H groups in total. The van der Waals surface area contributed by atoms with Crippen molar-refractivity contribution in [3.05, 3.63) is 77.9 Å². The number of ether oxygens (including phenoxy) is 1. The highest BCUT2D eigenvalue weighted by atomic mass is 16.5. The molecule has 3 rings (SSSR count). The number of hydrogen-bond donors (Lipinski definition) is 1. The van der Waals surface area contributed by atoms with Crippen LogP contribution in [0.1, 0.15) is 17.5 Å². The fourth-order valence-electron chi connectivity index (χ4n) is 2.62. The van der Waals surface area contributed by atoms with Crippen LogP contribution in [0.5, 0.6) is 5.75 Å². The Bertz CT molecular complexity index is 818. The van der Waals surface area contributed by atoms with E-state index in [2.05, 4.69) is 24.3 Å². The van der Waals surface area contributed by atoms with Gasteiger partial charge in [-0.2, -0.15) is 0 Å². The molecule has 0 aliphatic heterocycles. The van der Waals surface area contributed by atoms with Gasteiger partial charge in [0.15, 0.2) is 0 Å². The largest absolute Gasteiger partial charge is 0.489 e. The van der Waals surface area contributed by atoms with Crippen molar-refractivity contribution in [2.75, 3.05) is 0 Å². The lowest BCUT2D eigenvalue weighted by Gasteiger charge is -2.10. The van der Waals surface area contributed by atoms with Crippen LogP contribution in [0.15, 0.2) is 66.7 Å². The number of aliphatic carboxylic acids is 1. The molecule has 0 heterocycles. The van der Waals surface area contributed by atoms with Crippen LogP contribution in [0.25, 0.3) is 10.8 Å². The Morgan fingerprint density at radius 1 is 0.957 bits per heavy atom. The van der Waals surface area contributed by atoms with E-state index in [1.165, 1.54) is 10.8 Å². The summed E-state index contributed by atoms with van der Waals surface area (Å²) >= 11 is 0. The van der Waals surface area contributed by atoms with Crippen molar-refractivity contribution < 1.29 is 14.6 Å². The van der Waals surface area contributed by atoms with Crippen molar-refractivity contribution in [2.45, 2.75) is 19.4 Å². The number of benzene rings is 3. The summed E-state index contributed by atoms with van der Waals surface area (Å²) in [6.45, 7) is 0.490. The maximum atomic E-state index is 10.7. The maximum Gasteiger partial charge on any atom is 0.303 e. The fraction of sp³-hybridized carbons (Fsp3) is 0.150. The van der Waals surface area contributed by atoms with E-state index in [-0.39, 0.29) is 6.42 Å². The Balaban J connectivity index is 1.72. The van der Waals surface area contributed by atoms with Crippen LogP contribution in [0, 0.1) is 0 Å². The van der Waals surface area contributed by atoms with Gasteiger partial charge >= 0.3 is 5.97 Å². The molecular weight excluding hydrogens is 288 g/mol. The first-order valence-corrected chi connectivity index (χ1v) is 7.62. The van der Waals surface area contributed by atoms with Gasteiger partial charge in [0.05, 0.1) is 0 Å². The highest BCUT2D eigenvalue weighted by Gasteiger charge is 2.03. The first-order valence-electron chi connectivity index (χ1n) is 7.62. The van der Waals surface area contributed by atoms with Gasteiger partial charge in [0.25, 0.3) is 0 Å². The molecule has 0 bridgehead atoms. The lowest BCUT2D eigenvalue weighted by atomic mass is 10.1. The zero-order valence-corrected chi connectivity index (χ0v) is 12.7. The van der Waals surface area contributed by atoms with Crippen molar-refractivity contribution in [3.8, 4) is 5.75 Å². The smallest absolute Gasteiger partial charge is 0.303 e. The zero-order chi connectivity index (χ0) is 16.1. The van der Waals surface area contributed by atoms with Crippen molar-refractivity contribution >= 4 is 16.7 Å². The van der Waals surface area contributed by atoms with Crippen molar-refractivity contribution in [3.63, 3.8) is 0 Å². The van der Waals surface area contributed by atoms with Gasteiger partial charge in [0, 0.05) is 6.42 Å². The van der Waals surface area contributed by atoms with Gasteiger partial charge in [0.2, 0.25) is 0 Å². The summed E-state index contributed by atoms with van der Waals surface area (Å²) in [7, 11) is 0. The van der Waals surface area contributed by atoms with E-state index in [1.807, 2.05) is 42.5 Å². The minimum atomic E-state index is -0.785. The average Bonchev–Trinajstić information content (AvgIpc) is 2.58. The van der Waals surface area contributed by atoms with E-state index in [0.717, 1.165) is 16.9 Å². The van der Waals surface area contributed by atoms with E-state index in [1.54, 1.807) is 0 Å². The molecule has 0 aliphatic rings. The van der Waals surface area contributed by atoms with Crippen molar-refractivity contribution in [1.82, 2.24) is 0 Å². The van der Waals surface area contributed by atoms with E-state index in [0.29, 0.717) is 13.0 Å². The van der Waals surface area contributed by atoms with Gasteiger partial charge < -0.3 is 9.84 Å². The molecule has 23 heavy (non-hydrogen) atoms. The highest BCUT2D eigenvalue weighted by Crippen LogP contribution is 2.21. The Morgan fingerprint density at radius 2 is 1.74 bits per heavy atom. The van der Waals surface area contributed by atoms with Crippen LogP contribution in [-0.2, 0) is 17.8 Å². The van der Waals surface area contributed by atoms with Gasteiger partial charge in [-0.1, -0.05) is 54.6 Å². The molecule has 3 aromatic carbocycles. The summed E-state index contributed by atoms with van der Waals surface area (Å²) in [5, 5.41) is 11.2. The minimum absolute atomic E-state index is 0.132. The monoisotopic (exact) mass is 306 g/mol. The summed E-state index contributed by atoms with van der Waals surface area (Å²) in [6, 6.07) is 22.1.